The molecule has 1 aromatic carbocycles. The highest BCUT2D eigenvalue weighted by atomic mass is 16.2. The maximum atomic E-state index is 12.0. The van der Waals surface area contributed by atoms with Gasteiger partial charge >= 0.3 is 0 Å². The Hall–Kier alpha value is -1.39. The van der Waals surface area contributed by atoms with Crippen molar-refractivity contribution >= 4 is 5.91 Å². The van der Waals surface area contributed by atoms with E-state index in [0.29, 0.717) is 19.5 Å². The molecule has 1 aromatic rings. The van der Waals surface area contributed by atoms with Crippen LogP contribution < -0.4 is 16.8 Å². The fraction of sp³-hybridized carbons (Fsp3) is 0.533. The van der Waals surface area contributed by atoms with E-state index in [1.807, 2.05) is 30.3 Å². The molecule has 1 atom stereocenters. The minimum atomic E-state index is -0.489. The van der Waals surface area contributed by atoms with Crippen LogP contribution in [0, 0.1) is 5.41 Å². The first-order valence-electron chi connectivity index (χ1n) is 6.92. The molecule has 0 radical (unpaired) electrons. The van der Waals surface area contributed by atoms with Crippen molar-refractivity contribution in [2.75, 3.05) is 13.1 Å². The predicted molar refractivity (Wildman–Crippen MR) is 76.5 cm³/mol. The normalized spacial score (nSPS) is 18.4. The molecule has 0 bridgehead atoms. The lowest BCUT2D eigenvalue weighted by Crippen LogP contribution is -2.50. The summed E-state index contributed by atoms with van der Waals surface area (Å²) in [5, 5.41) is 2.95. The van der Waals surface area contributed by atoms with Crippen molar-refractivity contribution in [1.29, 1.82) is 0 Å². The predicted octanol–water partition coefficient (Wildman–Crippen LogP) is 0.802. The number of rotatable bonds is 6. The maximum Gasteiger partial charge on any atom is 0.237 e. The van der Waals surface area contributed by atoms with E-state index in [1.165, 1.54) is 6.42 Å². The van der Waals surface area contributed by atoms with Gasteiger partial charge in [-0.1, -0.05) is 36.8 Å². The zero-order valence-corrected chi connectivity index (χ0v) is 11.3. The molecule has 5 N–H and O–H groups in total. The minimum absolute atomic E-state index is 0.0800. The molecular formula is C15H23N3O. The molecule has 0 saturated heterocycles. The molecule has 0 aliphatic heterocycles. The molecular weight excluding hydrogens is 238 g/mol. The summed E-state index contributed by atoms with van der Waals surface area (Å²) < 4.78 is 0. The number of nitrogens with two attached hydrogens (primary N) is 2. The van der Waals surface area contributed by atoms with Gasteiger partial charge in [0.25, 0.3) is 0 Å². The molecule has 104 valence electrons. The van der Waals surface area contributed by atoms with Gasteiger partial charge in [-0.25, -0.2) is 0 Å². The number of hydrogen-bond donors (Lipinski definition) is 3. The molecule has 4 heteroatoms. The fourth-order valence-corrected chi connectivity index (χ4v) is 2.50. The van der Waals surface area contributed by atoms with Gasteiger partial charge in [-0.3, -0.25) is 4.79 Å². The van der Waals surface area contributed by atoms with E-state index < -0.39 is 6.04 Å². The molecule has 1 amide bonds. The molecule has 1 unspecified atom stereocenters. The standard InChI is InChI=1S/C15H23N3O/c16-10-15(7-4-8-15)11-18-14(19)13(17)9-12-5-2-1-3-6-12/h1-3,5-6,13H,4,7-11,16-17H2,(H,18,19). The number of nitrogens with one attached hydrogen (secondary N) is 1. The molecule has 4 nitrogen and oxygen atoms in total. The Labute approximate surface area is 114 Å². The molecule has 0 heterocycles. The van der Waals surface area contributed by atoms with Crippen molar-refractivity contribution < 1.29 is 4.79 Å². The molecule has 1 aliphatic rings. The van der Waals surface area contributed by atoms with Crippen LogP contribution in [-0.4, -0.2) is 25.0 Å². The summed E-state index contributed by atoms with van der Waals surface area (Å²) in [4.78, 5) is 12.0. The van der Waals surface area contributed by atoms with Gasteiger partial charge in [-0.15, -0.1) is 0 Å². The summed E-state index contributed by atoms with van der Waals surface area (Å²) in [6, 6.07) is 9.35. The Morgan fingerprint density at radius 3 is 2.53 bits per heavy atom. The molecule has 1 aliphatic carbocycles. The molecule has 0 aromatic heterocycles. The lowest BCUT2D eigenvalue weighted by molar-refractivity contribution is -0.123. The zero-order chi connectivity index (χ0) is 13.7. The van der Waals surface area contributed by atoms with Crippen molar-refractivity contribution in [3.05, 3.63) is 35.9 Å². The van der Waals surface area contributed by atoms with Crippen molar-refractivity contribution in [2.24, 2.45) is 16.9 Å². The zero-order valence-electron chi connectivity index (χ0n) is 11.3. The summed E-state index contributed by atoms with van der Waals surface area (Å²) in [6.45, 7) is 1.30. The van der Waals surface area contributed by atoms with E-state index >= 15 is 0 Å². The average molecular weight is 261 g/mol. The Balaban J connectivity index is 1.79. The number of amides is 1. The Morgan fingerprint density at radius 1 is 1.32 bits per heavy atom. The third-order valence-electron chi connectivity index (χ3n) is 4.12. The van der Waals surface area contributed by atoms with E-state index in [0.717, 1.165) is 18.4 Å². The number of hydrogen-bond acceptors (Lipinski definition) is 3. The first kappa shape index (κ1) is 14.0. The van der Waals surface area contributed by atoms with Gasteiger partial charge in [-0.2, -0.15) is 0 Å². The number of carbonyl (C=O) groups excluding carboxylic acids is 1. The Morgan fingerprint density at radius 2 is 2.00 bits per heavy atom. The molecule has 1 saturated carbocycles. The minimum Gasteiger partial charge on any atom is -0.354 e. The Bertz CT molecular complexity index is 409. The van der Waals surface area contributed by atoms with E-state index in [2.05, 4.69) is 5.32 Å². The van der Waals surface area contributed by atoms with Crippen molar-refractivity contribution in [3.8, 4) is 0 Å². The smallest absolute Gasteiger partial charge is 0.237 e. The quantitative estimate of drug-likeness (QED) is 0.708. The largest absolute Gasteiger partial charge is 0.354 e. The van der Waals surface area contributed by atoms with E-state index in [4.69, 9.17) is 11.5 Å². The third-order valence-corrected chi connectivity index (χ3v) is 4.12. The highest BCUT2D eigenvalue weighted by Gasteiger charge is 2.35. The van der Waals surface area contributed by atoms with Gasteiger partial charge in [-0.05, 0) is 36.8 Å². The molecule has 19 heavy (non-hydrogen) atoms. The summed E-state index contributed by atoms with van der Waals surface area (Å²) >= 11 is 0. The van der Waals surface area contributed by atoms with Gasteiger partial charge in [0.2, 0.25) is 5.91 Å². The van der Waals surface area contributed by atoms with Crippen molar-refractivity contribution in [1.82, 2.24) is 5.32 Å². The highest BCUT2D eigenvalue weighted by molar-refractivity contribution is 5.81. The average Bonchev–Trinajstić information content (AvgIpc) is 2.39. The molecule has 2 rings (SSSR count). The van der Waals surface area contributed by atoms with Crippen molar-refractivity contribution in [3.63, 3.8) is 0 Å². The van der Waals surface area contributed by atoms with E-state index in [-0.39, 0.29) is 11.3 Å². The lowest BCUT2D eigenvalue weighted by Gasteiger charge is -2.41. The lowest BCUT2D eigenvalue weighted by atomic mass is 9.69. The summed E-state index contributed by atoms with van der Waals surface area (Å²) in [6.07, 6.45) is 4.00. The van der Waals surface area contributed by atoms with E-state index in [1.54, 1.807) is 0 Å². The van der Waals surface area contributed by atoms with Gasteiger partial charge in [0.05, 0.1) is 6.04 Å². The van der Waals surface area contributed by atoms with Crippen LogP contribution in [-0.2, 0) is 11.2 Å². The number of benzene rings is 1. The van der Waals surface area contributed by atoms with Gasteiger partial charge < -0.3 is 16.8 Å². The van der Waals surface area contributed by atoms with Crippen LogP contribution in [0.25, 0.3) is 0 Å². The van der Waals surface area contributed by atoms with Crippen molar-refractivity contribution in [2.45, 2.75) is 31.7 Å². The van der Waals surface area contributed by atoms with Gasteiger partial charge in [0, 0.05) is 6.54 Å². The fourth-order valence-electron chi connectivity index (χ4n) is 2.50. The summed E-state index contributed by atoms with van der Waals surface area (Å²) in [5.74, 6) is -0.0800. The van der Waals surface area contributed by atoms with Gasteiger partial charge in [0.15, 0.2) is 0 Å². The topological polar surface area (TPSA) is 81.1 Å². The van der Waals surface area contributed by atoms with Crippen LogP contribution in [0.15, 0.2) is 30.3 Å². The second-order valence-corrected chi connectivity index (χ2v) is 5.57. The Kier molecular flexibility index (Phi) is 4.56. The maximum absolute atomic E-state index is 12.0. The van der Waals surface area contributed by atoms with Crippen LogP contribution >= 0.6 is 0 Å². The highest BCUT2D eigenvalue weighted by Crippen LogP contribution is 2.39. The monoisotopic (exact) mass is 261 g/mol. The second kappa shape index (κ2) is 6.17. The SMILES string of the molecule is NCC1(CNC(=O)C(N)Cc2ccccc2)CCC1. The van der Waals surface area contributed by atoms with Crippen LogP contribution in [0.5, 0.6) is 0 Å². The molecule has 1 fully saturated rings. The van der Waals surface area contributed by atoms with Crippen LogP contribution in [0.2, 0.25) is 0 Å². The van der Waals surface area contributed by atoms with Gasteiger partial charge in [0.1, 0.15) is 0 Å². The summed E-state index contributed by atoms with van der Waals surface area (Å²) in [7, 11) is 0. The first-order chi connectivity index (χ1) is 9.15. The summed E-state index contributed by atoms with van der Waals surface area (Å²) in [5.41, 5.74) is 12.9. The number of carbonyl (C=O) groups is 1. The first-order valence-corrected chi connectivity index (χ1v) is 6.92. The molecule has 0 spiro atoms. The van der Waals surface area contributed by atoms with Crippen LogP contribution in [0.1, 0.15) is 24.8 Å². The third kappa shape index (κ3) is 3.55. The second-order valence-electron chi connectivity index (χ2n) is 5.57. The van der Waals surface area contributed by atoms with Crippen LogP contribution in [0.4, 0.5) is 0 Å². The van der Waals surface area contributed by atoms with Crippen LogP contribution in [0.3, 0.4) is 0 Å². The van der Waals surface area contributed by atoms with E-state index in [9.17, 15) is 4.79 Å².